The highest BCUT2D eigenvalue weighted by Gasteiger charge is 2.31. The molecule has 1 unspecified atom stereocenters. The van der Waals surface area contributed by atoms with Crippen LogP contribution in [0.3, 0.4) is 0 Å². The number of hydrogen-bond acceptors (Lipinski definition) is 4. The highest BCUT2D eigenvalue weighted by molar-refractivity contribution is 5.82. The summed E-state index contributed by atoms with van der Waals surface area (Å²) in [5.41, 5.74) is 5.96. The molecule has 1 saturated heterocycles. The summed E-state index contributed by atoms with van der Waals surface area (Å²) in [4.78, 5) is 25.6. The first-order valence-electron chi connectivity index (χ1n) is 7.22. The SMILES string of the molecule is CCOC(=O)C1CCN(C(=O)[C@@H](N)C(C)CC)CC1. The number of piperidine rings is 1. The third-order valence-corrected chi connectivity index (χ3v) is 3.97. The minimum absolute atomic E-state index is 0.0108. The van der Waals surface area contributed by atoms with Gasteiger partial charge in [0.15, 0.2) is 0 Å². The van der Waals surface area contributed by atoms with Crippen molar-refractivity contribution in [2.75, 3.05) is 19.7 Å². The average Bonchev–Trinajstić information content (AvgIpc) is 2.45. The summed E-state index contributed by atoms with van der Waals surface area (Å²) in [5, 5.41) is 0. The number of nitrogens with two attached hydrogens (primary N) is 1. The monoisotopic (exact) mass is 270 g/mol. The molecule has 1 fully saturated rings. The minimum Gasteiger partial charge on any atom is -0.466 e. The smallest absolute Gasteiger partial charge is 0.309 e. The van der Waals surface area contributed by atoms with E-state index in [1.54, 1.807) is 4.90 Å². The van der Waals surface area contributed by atoms with Crippen LogP contribution in [0, 0.1) is 11.8 Å². The molecule has 0 bridgehead atoms. The van der Waals surface area contributed by atoms with Crippen LogP contribution < -0.4 is 5.73 Å². The van der Waals surface area contributed by atoms with Crippen molar-refractivity contribution >= 4 is 11.9 Å². The lowest BCUT2D eigenvalue weighted by molar-refractivity contribution is -0.151. The summed E-state index contributed by atoms with van der Waals surface area (Å²) < 4.78 is 5.01. The van der Waals surface area contributed by atoms with Crippen LogP contribution in [-0.2, 0) is 14.3 Å². The maximum atomic E-state index is 12.2. The van der Waals surface area contributed by atoms with Crippen molar-refractivity contribution in [3.63, 3.8) is 0 Å². The van der Waals surface area contributed by atoms with Gasteiger partial charge in [-0.2, -0.15) is 0 Å². The van der Waals surface area contributed by atoms with Crippen LogP contribution >= 0.6 is 0 Å². The first-order chi connectivity index (χ1) is 9.01. The van der Waals surface area contributed by atoms with Crippen LogP contribution in [0.15, 0.2) is 0 Å². The highest BCUT2D eigenvalue weighted by atomic mass is 16.5. The molecule has 19 heavy (non-hydrogen) atoms. The molecule has 0 saturated carbocycles. The van der Waals surface area contributed by atoms with Gasteiger partial charge in [-0.15, -0.1) is 0 Å². The number of ether oxygens (including phenoxy) is 1. The van der Waals surface area contributed by atoms with E-state index >= 15 is 0 Å². The van der Waals surface area contributed by atoms with E-state index in [1.165, 1.54) is 0 Å². The van der Waals surface area contributed by atoms with Gasteiger partial charge in [-0.1, -0.05) is 20.3 Å². The average molecular weight is 270 g/mol. The Morgan fingerprint density at radius 2 is 1.89 bits per heavy atom. The minimum atomic E-state index is -0.427. The van der Waals surface area contributed by atoms with Crippen molar-refractivity contribution in [2.24, 2.45) is 17.6 Å². The van der Waals surface area contributed by atoms with E-state index in [4.69, 9.17) is 10.5 Å². The van der Waals surface area contributed by atoms with Gasteiger partial charge in [0.25, 0.3) is 0 Å². The van der Waals surface area contributed by atoms with E-state index in [1.807, 2.05) is 20.8 Å². The molecule has 2 atom stereocenters. The number of carbonyl (C=O) groups is 2. The van der Waals surface area contributed by atoms with E-state index in [9.17, 15) is 9.59 Å². The van der Waals surface area contributed by atoms with Crippen LogP contribution in [-0.4, -0.2) is 42.5 Å². The summed E-state index contributed by atoms with van der Waals surface area (Å²) >= 11 is 0. The quantitative estimate of drug-likeness (QED) is 0.761. The second-order valence-corrected chi connectivity index (χ2v) is 5.26. The number of amides is 1. The maximum Gasteiger partial charge on any atom is 0.309 e. The van der Waals surface area contributed by atoms with Crippen molar-refractivity contribution in [2.45, 2.75) is 46.1 Å². The van der Waals surface area contributed by atoms with E-state index in [-0.39, 0.29) is 23.7 Å². The maximum absolute atomic E-state index is 12.2. The van der Waals surface area contributed by atoms with Crippen LogP contribution in [0.25, 0.3) is 0 Å². The Morgan fingerprint density at radius 3 is 2.37 bits per heavy atom. The Morgan fingerprint density at radius 1 is 1.32 bits per heavy atom. The number of hydrogen-bond donors (Lipinski definition) is 1. The molecule has 0 aromatic carbocycles. The van der Waals surface area contributed by atoms with Crippen molar-refractivity contribution < 1.29 is 14.3 Å². The van der Waals surface area contributed by atoms with Crippen LogP contribution in [0.2, 0.25) is 0 Å². The van der Waals surface area contributed by atoms with E-state index in [0.717, 1.165) is 6.42 Å². The van der Waals surface area contributed by atoms with Gasteiger partial charge < -0.3 is 15.4 Å². The van der Waals surface area contributed by atoms with Gasteiger partial charge in [0.1, 0.15) is 0 Å². The van der Waals surface area contributed by atoms with Gasteiger partial charge in [0.05, 0.1) is 18.6 Å². The molecule has 0 aromatic heterocycles. The Hall–Kier alpha value is -1.10. The Balaban J connectivity index is 2.45. The zero-order valence-electron chi connectivity index (χ0n) is 12.2. The van der Waals surface area contributed by atoms with Gasteiger partial charge in [-0.25, -0.2) is 0 Å². The van der Waals surface area contributed by atoms with Crippen molar-refractivity contribution in [3.8, 4) is 0 Å². The Bertz CT molecular complexity index is 312. The summed E-state index contributed by atoms with van der Waals surface area (Å²) in [6.45, 7) is 7.45. The zero-order valence-corrected chi connectivity index (χ0v) is 12.2. The summed E-state index contributed by atoms with van der Waals surface area (Å²) in [5.74, 6) is -0.00316. The second kappa shape index (κ2) is 7.48. The normalized spacial score (nSPS) is 19.9. The predicted molar refractivity (Wildman–Crippen MR) is 73.4 cm³/mol. The molecular formula is C14H26N2O3. The highest BCUT2D eigenvalue weighted by Crippen LogP contribution is 2.20. The van der Waals surface area contributed by atoms with Crippen molar-refractivity contribution in [3.05, 3.63) is 0 Å². The number of nitrogens with zero attached hydrogens (tertiary/aromatic N) is 1. The summed E-state index contributed by atoms with van der Waals surface area (Å²) in [7, 11) is 0. The third-order valence-electron chi connectivity index (χ3n) is 3.97. The first kappa shape index (κ1) is 16.0. The second-order valence-electron chi connectivity index (χ2n) is 5.26. The molecular weight excluding hydrogens is 244 g/mol. The number of rotatable bonds is 5. The molecule has 1 amide bonds. The molecule has 1 heterocycles. The molecule has 0 aromatic rings. The molecule has 5 nitrogen and oxygen atoms in total. The number of likely N-dealkylation sites (tertiary alicyclic amines) is 1. The Labute approximate surface area is 115 Å². The van der Waals surface area contributed by atoms with Gasteiger partial charge in [0.2, 0.25) is 5.91 Å². The molecule has 2 N–H and O–H groups in total. The number of carbonyl (C=O) groups excluding carboxylic acids is 2. The van der Waals surface area contributed by atoms with Gasteiger partial charge in [0, 0.05) is 13.1 Å². The standard InChI is InChI=1S/C14H26N2O3/c1-4-10(3)12(15)13(17)16-8-6-11(7-9-16)14(18)19-5-2/h10-12H,4-9,15H2,1-3H3/t10?,12-/m0/s1. The van der Waals surface area contributed by atoms with Crippen LogP contribution in [0.5, 0.6) is 0 Å². The molecule has 110 valence electrons. The number of esters is 1. The first-order valence-corrected chi connectivity index (χ1v) is 7.22. The Kier molecular flexibility index (Phi) is 6.28. The lowest BCUT2D eigenvalue weighted by Gasteiger charge is -2.33. The fraction of sp³-hybridized carbons (Fsp3) is 0.857. The largest absolute Gasteiger partial charge is 0.466 e. The lowest BCUT2D eigenvalue weighted by Crippen LogP contribution is -2.50. The fourth-order valence-electron chi connectivity index (χ4n) is 2.30. The zero-order chi connectivity index (χ0) is 14.4. The fourth-order valence-corrected chi connectivity index (χ4v) is 2.30. The summed E-state index contributed by atoms with van der Waals surface area (Å²) in [6.07, 6.45) is 2.25. The van der Waals surface area contributed by atoms with Crippen molar-refractivity contribution in [1.82, 2.24) is 4.90 Å². The van der Waals surface area contributed by atoms with Crippen molar-refractivity contribution in [1.29, 1.82) is 0 Å². The molecule has 5 heteroatoms. The molecule has 1 rings (SSSR count). The van der Waals surface area contributed by atoms with Crippen LogP contribution in [0.1, 0.15) is 40.0 Å². The predicted octanol–water partition coefficient (Wildman–Crippen LogP) is 1.16. The topological polar surface area (TPSA) is 72.6 Å². The molecule has 0 radical (unpaired) electrons. The van der Waals surface area contributed by atoms with E-state index < -0.39 is 6.04 Å². The molecule has 1 aliphatic heterocycles. The summed E-state index contributed by atoms with van der Waals surface area (Å²) in [6, 6.07) is -0.427. The van der Waals surface area contributed by atoms with Gasteiger partial charge in [-0.3, -0.25) is 9.59 Å². The lowest BCUT2D eigenvalue weighted by atomic mass is 9.94. The van der Waals surface area contributed by atoms with Crippen LogP contribution in [0.4, 0.5) is 0 Å². The van der Waals surface area contributed by atoms with Gasteiger partial charge >= 0.3 is 5.97 Å². The third kappa shape index (κ3) is 4.20. The van der Waals surface area contributed by atoms with E-state index in [0.29, 0.717) is 32.5 Å². The molecule has 0 spiro atoms. The van der Waals surface area contributed by atoms with E-state index in [2.05, 4.69) is 0 Å². The van der Waals surface area contributed by atoms with Gasteiger partial charge in [-0.05, 0) is 25.7 Å². The molecule has 1 aliphatic rings. The molecule has 0 aliphatic carbocycles.